The molecule has 1 aromatic carbocycles. The van der Waals surface area contributed by atoms with Crippen molar-refractivity contribution in [1.29, 1.82) is 0 Å². The van der Waals surface area contributed by atoms with Gasteiger partial charge in [0.2, 0.25) is 0 Å². The summed E-state index contributed by atoms with van der Waals surface area (Å²) < 4.78 is 5.65. The second-order valence-corrected chi connectivity index (χ2v) is 5.70. The molecule has 1 aliphatic heterocycles. The molecule has 5 nitrogen and oxygen atoms in total. The summed E-state index contributed by atoms with van der Waals surface area (Å²) in [5.74, 6) is -1.47. The van der Waals surface area contributed by atoms with Crippen LogP contribution >= 0.6 is 0 Å². The summed E-state index contributed by atoms with van der Waals surface area (Å²) in [6, 6.07) is 9.39. The van der Waals surface area contributed by atoms with Gasteiger partial charge >= 0.3 is 5.97 Å². The zero-order valence-electron chi connectivity index (χ0n) is 13.1. The maximum atomic E-state index is 12.9. The van der Waals surface area contributed by atoms with Gasteiger partial charge in [-0.15, -0.1) is 0 Å². The van der Waals surface area contributed by atoms with Crippen LogP contribution < -0.4 is 0 Å². The lowest BCUT2D eigenvalue weighted by Crippen LogP contribution is -2.49. The first-order chi connectivity index (χ1) is 10.5. The number of piperidine rings is 1. The van der Waals surface area contributed by atoms with Crippen LogP contribution in [-0.4, -0.2) is 41.1 Å². The van der Waals surface area contributed by atoms with E-state index in [-0.39, 0.29) is 18.5 Å². The van der Waals surface area contributed by atoms with Crippen LogP contribution in [0.15, 0.2) is 30.3 Å². The number of carbonyl (C=O) groups excluding carboxylic acids is 1. The van der Waals surface area contributed by atoms with Gasteiger partial charge in [0, 0.05) is 19.2 Å². The molecule has 0 saturated carbocycles. The maximum absolute atomic E-state index is 12.9. The van der Waals surface area contributed by atoms with E-state index in [9.17, 15) is 14.7 Å². The molecule has 1 aromatic rings. The molecule has 1 fully saturated rings. The molecule has 3 unspecified atom stereocenters. The summed E-state index contributed by atoms with van der Waals surface area (Å²) in [7, 11) is 0. The number of hydrogen-bond donors (Lipinski definition) is 1. The predicted octanol–water partition coefficient (Wildman–Crippen LogP) is 2.48. The number of rotatable bonds is 5. The van der Waals surface area contributed by atoms with Gasteiger partial charge < -0.3 is 14.7 Å². The minimum absolute atomic E-state index is 0.0368. The van der Waals surface area contributed by atoms with Crippen molar-refractivity contribution in [3.63, 3.8) is 0 Å². The van der Waals surface area contributed by atoms with Crippen molar-refractivity contribution in [2.45, 2.75) is 38.8 Å². The van der Waals surface area contributed by atoms with Gasteiger partial charge in [0.05, 0.1) is 5.92 Å². The smallest absolute Gasteiger partial charge is 0.308 e. The molecule has 1 N–H and O–H groups in total. The highest BCUT2D eigenvalue weighted by molar-refractivity contribution is 5.83. The highest BCUT2D eigenvalue weighted by Gasteiger charge is 2.36. The number of hydrogen-bond acceptors (Lipinski definition) is 3. The Balaban J connectivity index is 2.20. The second kappa shape index (κ2) is 7.40. The van der Waals surface area contributed by atoms with Crippen LogP contribution in [0.3, 0.4) is 0 Å². The highest BCUT2D eigenvalue weighted by Crippen LogP contribution is 2.27. The predicted molar refractivity (Wildman–Crippen MR) is 82.3 cm³/mol. The fraction of sp³-hybridized carbons (Fsp3) is 0.529. The fourth-order valence-electron chi connectivity index (χ4n) is 2.87. The summed E-state index contributed by atoms with van der Waals surface area (Å²) in [6.45, 7) is 4.49. The Bertz CT molecular complexity index is 517. The molecule has 1 saturated heterocycles. The number of aliphatic carboxylic acids is 1. The van der Waals surface area contributed by atoms with Crippen molar-refractivity contribution >= 4 is 11.9 Å². The topological polar surface area (TPSA) is 66.8 Å². The van der Waals surface area contributed by atoms with Crippen molar-refractivity contribution in [3.8, 4) is 0 Å². The van der Waals surface area contributed by atoms with E-state index < -0.39 is 18.0 Å². The summed E-state index contributed by atoms with van der Waals surface area (Å²) in [5, 5.41) is 9.21. The number of likely N-dealkylation sites (tertiary alicyclic amines) is 1. The molecule has 1 aliphatic rings. The Hall–Kier alpha value is -1.88. The van der Waals surface area contributed by atoms with Crippen LogP contribution in [0.5, 0.6) is 0 Å². The Kier molecular flexibility index (Phi) is 5.55. The van der Waals surface area contributed by atoms with Gasteiger partial charge in [0.15, 0.2) is 6.10 Å². The maximum Gasteiger partial charge on any atom is 0.308 e. The van der Waals surface area contributed by atoms with Gasteiger partial charge in [0.25, 0.3) is 5.91 Å². The average Bonchev–Trinajstić information content (AvgIpc) is 2.53. The Labute approximate surface area is 130 Å². The Morgan fingerprint density at radius 2 is 2.00 bits per heavy atom. The zero-order chi connectivity index (χ0) is 16.1. The van der Waals surface area contributed by atoms with Crippen LogP contribution in [0.4, 0.5) is 0 Å². The molecule has 0 bridgehead atoms. The van der Waals surface area contributed by atoms with E-state index in [4.69, 9.17) is 4.74 Å². The molecular weight excluding hydrogens is 282 g/mol. The lowest BCUT2D eigenvalue weighted by atomic mass is 9.92. The molecule has 22 heavy (non-hydrogen) atoms. The van der Waals surface area contributed by atoms with Crippen LogP contribution in [0.25, 0.3) is 0 Å². The largest absolute Gasteiger partial charge is 0.481 e. The lowest BCUT2D eigenvalue weighted by molar-refractivity contribution is -0.153. The summed E-state index contributed by atoms with van der Waals surface area (Å²) in [6.07, 6.45) is 0.655. The van der Waals surface area contributed by atoms with Crippen molar-refractivity contribution in [2.24, 2.45) is 5.92 Å². The monoisotopic (exact) mass is 305 g/mol. The van der Waals surface area contributed by atoms with Crippen molar-refractivity contribution in [3.05, 3.63) is 35.9 Å². The van der Waals surface area contributed by atoms with E-state index in [1.807, 2.05) is 44.2 Å². The third-order valence-electron chi connectivity index (χ3n) is 4.17. The van der Waals surface area contributed by atoms with Crippen LogP contribution in [0.1, 0.15) is 38.4 Å². The normalized spacial score (nSPS) is 23.1. The van der Waals surface area contributed by atoms with Gasteiger partial charge in [-0.2, -0.15) is 0 Å². The van der Waals surface area contributed by atoms with Crippen LogP contribution in [0.2, 0.25) is 0 Å². The molecule has 2 rings (SSSR count). The third-order valence-corrected chi connectivity index (χ3v) is 4.17. The van der Waals surface area contributed by atoms with E-state index in [0.717, 1.165) is 5.56 Å². The van der Waals surface area contributed by atoms with Gasteiger partial charge in [-0.1, -0.05) is 30.3 Å². The summed E-state index contributed by atoms with van der Waals surface area (Å²) >= 11 is 0. The molecule has 5 heteroatoms. The number of ether oxygens (including phenoxy) is 1. The first-order valence-corrected chi connectivity index (χ1v) is 7.74. The van der Waals surface area contributed by atoms with Crippen molar-refractivity contribution < 1.29 is 19.4 Å². The van der Waals surface area contributed by atoms with E-state index in [1.165, 1.54) is 0 Å². The lowest BCUT2D eigenvalue weighted by Gasteiger charge is -2.38. The van der Waals surface area contributed by atoms with E-state index in [1.54, 1.807) is 4.90 Å². The van der Waals surface area contributed by atoms with Gasteiger partial charge in [-0.3, -0.25) is 9.59 Å². The molecule has 0 radical (unpaired) electrons. The third kappa shape index (κ3) is 3.65. The van der Waals surface area contributed by atoms with Crippen molar-refractivity contribution in [1.82, 2.24) is 4.90 Å². The summed E-state index contributed by atoms with van der Waals surface area (Å²) in [4.78, 5) is 25.8. The molecule has 0 aromatic heterocycles. The number of amides is 1. The number of carboxylic acids is 1. The van der Waals surface area contributed by atoms with Crippen LogP contribution in [-0.2, 0) is 14.3 Å². The number of nitrogens with zero attached hydrogens (tertiary/aromatic N) is 1. The van der Waals surface area contributed by atoms with Gasteiger partial charge in [0.1, 0.15) is 0 Å². The van der Waals surface area contributed by atoms with Crippen molar-refractivity contribution in [2.75, 3.05) is 13.2 Å². The molecule has 0 aliphatic carbocycles. The quantitative estimate of drug-likeness (QED) is 0.907. The summed E-state index contributed by atoms with van der Waals surface area (Å²) in [5.41, 5.74) is 0.805. The Morgan fingerprint density at radius 1 is 1.32 bits per heavy atom. The number of benzene rings is 1. The van der Waals surface area contributed by atoms with E-state index >= 15 is 0 Å². The van der Waals surface area contributed by atoms with Crippen LogP contribution in [0, 0.1) is 5.92 Å². The number of carboxylic acid groups (broad SMARTS) is 1. The van der Waals surface area contributed by atoms with E-state index in [0.29, 0.717) is 19.4 Å². The molecule has 120 valence electrons. The molecular formula is C17H23NO4. The molecule has 1 amide bonds. The first kappa shape index (κ1) is 16.5. The minimum Gasteiger partial charge on any atom is -0.481 e. The average molecular weight is 305 g/mol. The standard InChI is InChI=1S/C17H23NO4/c1-3-22-15(13-7-5-4-6-8-13)16(19)18-11-14(17(20)21)10-9-12(18)2/h4-8,12,14-15H,3,9-11H2,1-2H3,(H,20,21). The molecule has 0 spiro atoms. The molecule has 1 heterocycles. The molecule has 3 atom stereocenters. The zero-order valence-corrected chi connectivity index (χ0v) is 13.1. The number of carbonyl (C=O) groups is 2. The minimum atomic E-state index is -0.836. The first-order valence-electron chi connectivity index (χ1n) is 7.74. The van der Waals surface area contributed by atoms with E-state index in [2.05, 4.69) is 0 Å². The fourth-order valence-corrected chi connectivity index (χ4v) is 2.87. The van der Waals surface area contributed by atoms with Gasteiger partial charge in [-0.05, 0) is 32.3 Å². The Morgan fingerprint density at radius 3 is 2.59 bits per heavy atom. The van der Waals surface area contributed by atoms with Gasteiger partial charge in [-0.25, -0.2) is 0 Å². The second-order valence-electron chi connectivity index (χ2n) is 5.70. The highest BCUT2D eigenvalue weighted by atomic mass is 16.5. The SMILES string of the molecule is CCOC(C(=O)N1CC(C(=O)O)CCC1C)c1ccccc1.